The number of anilines is 1. The van der Waals surface area contributed by atoms with Gasteiger partial charge < -0.3 is 10.1 Å². The van der Waals surface area contributed by atoms with Crippen LogP contribution >= 0.6 is 0 Å². The minimum atomic E-state index is 0.724. The van der Waals surface area contributed by atoms with Crippen LogP contribution in [0.3, 0.4) is 0 Å². The number of hydrogen-bond acceptors (Lipinski definition) is 3. The Kier molecular flexibility index (Phi) is 4.62. The molecule has 1 N–H and O–H groups in total. The van der Waals surface area contributed by atoms with Crippen molar-refractivity contribution in [3.8, 4) is 11.8 Å². The zero-order valence-electron chi connectivity index (χ0n) is 11.8. The molecule has 20 heavy (non-hydrogen) atoms. The van der Waals surface area contributed by atoms with Gasteiger partial charge in [-0.1, -0.05) is 24.3 Å². The summed E-state index contributed by atoms with van der Waals surface area (Å²) in [6.45, 7) is 2.75. The lowest BCUT2D eigenvalue weighted by molar-refractivity contribution is 0.414. The monoisotopic (exact) mass is 266 g/mol. The Morgan fingerprint density at radius 1 is 1.15 bits per heavy atom. The Bertz CT molecular complexity index is 612. The van der Waals surface area contributed by atoms with E-state index in [1.165, 1.54) is 5.56 Å². The van der Waals surface area contributed by atoms with E-state index in [4.69, 9.17) is 10.00 Å². The molecular weight excluding hydrogens is 248 g/mol. The summed E-state index contributed by atoms with van der Waals surface area (Å²) >= 11 is 0. The normalized spacial score (nSPS) is 9.85. The molecule has 0 heterocycles. The van der Waals surface area contributed by atoms with Gasteiger partial charge in [-0.05, 0) is 42.7 Å². The molecule has 3 heteroatoms. The van der Waals surface area contributed by atoms with E-state index in [1.54, 1.807) is 7.11 Å². The molecule has 0 aliphatic heterocycles. The molecule has 0 aliphatic carbocycles. The number of nitrogens with zero attached hydrogens (tertiary/aromatic N) is 1. The Balaban J connectivity index is 1.96. The number of nitriles is 1. The average Bonchev–Trinajstić information content (AvgIpc) is 2.48. The third kappa shape index (κ3) is 3.30. The maximum absolute atomic E-state index is 9.17. The quantitative estimate of drug-likeness (QED) is 0.900. The molecule has 0 atom stereocenters. The van der Waals surface area contributed by atoms with Crippen molar-refractivity contribution in [2.75, 3.05) is 19.0 Å². The van der Waals surface area contributed by atoms with Gasteiger partial charge in [0.1, 0.15) is 11.8 Å². The van der Waals surface area contributed by atoms with E-state index in [1.807, 2.05) is 37.3 Å². The SMILES string of the molecule is COc1ccc(CCNc2cccc(C)c2C#N)cc1. The lowest BCUT2D eigenvalue weighted by atomic mass is 10.1. The summed E-state index contributed by atoms with van der Waals surface area (Å²) in [6, 6.07) is 16.1. The van der Waals surface area contributed by atoms with E-state index in [0.717, 1.165) is 35.5 Å². The van der Waals surface area contributed by atoms with E-state index in [9.17, 15) is 0 Å². The second kappa shape index (κ2) is 6.63. The van der Waals surface area contributed by atoms with E-state index >= 15 is 0 Å². The second-order valence-electron chi connectivity index (χ2n) is 4.63. The number of ether oxygens (including phenoxy) is 1. The van der Waals surface area contributed by atoms with E-state index in [-0.39, 0.29) is 0 Å². The fourth-order valence-corrected chi connectivity index (χ4v) is 2.10. The van der Waals surface area contributed by atoms with Crippen LogP contribution in [0.15, 0.2) is 42.5 Å². The number of benzene rings is 2. The molecule has 0 aliphatic rings. The van der Waals surface area contributed by atoms with E-state index in [2.05, 4.69) is 23.5 Å². The summed E-state index contributed by atoms with van der Waals surface area (Å²) < 4.78 is 5.13. The van der Waals surface area contributed by atoms with Gasteiger partial charge in [-0.3, -0.25) is 0 Å². The number of rotatable bonds is 5. The van der Waals surface area contributed by atoms with E-state index < -0.39 is 0 Å². The smallest absolute Gasteiger partial charge is 0.118 e. The molecule has 102 valence electrons. The molecule has 2 aromatic rings. The molecule has 0 saturated carbocycles. The molecule has 0 amide bonds. The number of hydrogen-bond donors (Lipinski definition) is 1. The molecule has 3 nitrogen and oxygen atoms in total. The maximum Gasteiger partial charge on any atom is 0.118 e. The standard InChI is InChI=1S/C17H18N2O/c1-13-4-3-5-17(16(13)12-18)19-11-10-14-6-8-15(20-2)9-7-14/h3-9,19H,10-11H2,1-2H3. The van der Waals surface area contributed by atoms with Crippen molar-refractivity contribution in [2.24, 2.45) is 0 Å². The summed E-state index contributed by atoms with van der Waals surface area (Å²) in [5.74, 6) is 0.868. The molecule has 0 fully saturated rings. The molecule has 0 unspecified atom stereocenters. The van der Waals surface area contributed by atoms with Gasteiger partial charge >= 0.3 is 0 Å². The Morgan fingerprint density at radius 2 is 1.90 bits per heavy atom. The molecule has 0 saturated heterocycles. The van der Waals surface area contributed by atoms with Crippen LogP contribution in [0.2, 0.25) is 0 Å². The predicted molar refractivity (Wildman–Crippen MR) is 81.1 cm³/mol. The zero-order chi connectivity index (χ0) is 14.4. The third-order valence-corrected chi connectivity index (χ3v) is 3.27. The first-order valence-electron chi connectivity index (χ1n) is 6.61. The van der Waals surface area contributed by atoms with Gasteiger partial charge in [0.15, 0.2) is 0 Å². The van der Waals surface area contributed by atoms with Crippen molar-refractivity contribution in [1.82, 2.24) is 0 Å². The summed E-state index contributed by atoms with van der Waals surface area (Å²) in [5, 5.41) is 12.5. The number of aryl methyl sites for hydroxylation is 1. The first-order chi connectivity index (χ1) is 9.74. The molecule has 0 bridgehead atoms. The van der Waals surface area contributed by atoms with Crippen LogP contribution in [0.5, 0.6) is 5.75 Å². The van der Waals surface area contributed by atoms with Crippen LogP contribution in [0, 0.1) is 18.3 Å². The molecule has 0 aromatic heterocycles. The molecule has 0 spiro atoms. The topological polar surface area (TPSA) is 45.0 Å². The van der Waals surface area contributed by atoms with Gasteiger partial charge in [-0.15, -0.1) is 0 Å². The van der Waals surface area contributed by atoms with Gasteiger partial charge in [0, 0.05) is 6.54 Å². The zero-order valence-corrected chi connectivity index (χ0v) is 11.8. The third-order valence-electron chi connectivity index (χ3n) is 3.27. The Hall–Kier alpha value is -2.47. The van der Waals surface area contributed by atoms with Crippen LogP contribution in [0.1, 0.15) is 16.7 Å². The first kappa shape index (κ1) is 14.0. The Morgan fingerprint density at radius 3 is 2.55 bits per heavy atom. The van der Waals surface area contributed by atoms with Crippen LogP contribution in [-0.4, -0.2) is 13.7 Å². The van der Waals surface area contributed by atoms with Crippen molar-refractivity contribution in [2.45, 2.75) is 13.3 Å². The van der Waals surface area contributed by atoms with Crippen LogP contribution in [0.25, 0.3) is 0 Å². The van der Waals surface area contributed by atoms with Crippen LogP contribution in [0.4, 0.5) is 5.69 Å². The maximum atomic E-state index is 9.17. The highest BCUT2D eigenvalue weighted by atomic mass is 16.5. The first-order valence-corrected chi connectivity index (χ1v) is 6.61. The average molecular weight is 266 g/mol. The van der Waals surface area contributed by atoms with Crippen LogP contribution < -0.4 is 10.1 Å². The van der Waals surface area contributed by atoms with Crippen molar-refractivity contribution in [1.29, 1.82) is 5.26 Å². The highest BCUT2D eigenvalue weighted by Gasteiger charge is 2.03. The van der Waals surface area contributed by atoms with Crippen molar-refractivity contribution >= 4 is 5.69 Å². The summed E-state index contributed by atoms with van der Waals surface area (Å²) in [5.41, 5.74) is 3.87. The largest absolute Gasteiger partial charge is 0.497 e. The molecule has 0 radical (unpaired) electrons. The van der Waals surface area contributed by atoms with Gasteiger partial charge in [0.05, 0.1) is 18.4 Å². The van der Waals surface area contributed by atoms with Gasteiger partial charge in [-0.25, -0.2) is 0 Å². The molecular formula is C17H18N2O. The van der Waals surface area contributed by atoms with Gasteiger partial charge in [0.2, 0.25) is 0 Å². The van der Waals surface area contributed by atoms with E-state index in [0.29, 0.717) is 0 Å². The van der Waals surface area contributed by atoms with Gasteiger partial charge in [0.25, 0.3) is 0 Å². The Labute approximate surface area is 119 Å². The second-order valence-corrected chi connectivity index (χ2v) is 4.63. The number of nitrogens with one attached hydrogen (secondary N) is 1. The highest BCUT2D eigenvalue weighted by molar-refractivity contribution is 5.60. The number of methoxy groups -OCH3 is 1. The summed E-state index contributed by atoms with van der Waals surface area (Å²) in [4.78, 5) is 0. The fraction of sp³-hybridized carbons (Fsp3) is 0.235. The lowest BCUT2D eigenvalue weighted by Crippen LogP contribution is -2.06. The molecule has 2 aromatic carbocycles. The summed E-state index contributed by atoms with van der Waals surface area (Å²) in [7, 11) is 1.66. The van der Waals surface area contributed by atoms with Crippen molar-refractivity contribution in [3.05, 3.63) is 59.2 Å². The fourth-order valence-electron chi connectivity index (χ4n) is 2.10. The minimum absolute atomic E-state index is 0.724. The van der Waals surface area contributed by atoms with Crippen LogP contribution in [-0.2, 0) is 6.42 Å². The predicted octanol–water partition coefficient (Wildman–Crippen LogP) is 3.53. The lowest BCUT2D eigenvalue weighted by Gasteiger charge is -2.10. The summed E-state index contributed by atoms with van der Waals surface area (Å²) in [6.07, 6.45) is 0.906. The highest BCUT2D eigenvalue weighted by Crippen LogP contribution is 2.18. The minimum Gasteiger partial charge on any atom is -0.497 e. The molecule has 2 rings (SSSR count). The van der Waals surface area contributed by atoms with Gasteiger partial charge in [-0.2, -0.15) is 5.26 Å². The van der Waals surface area contributed by atoms with Crippen molar-refractivity contribution in [3.63, 3.8) is 0 Å². The van der Waals surface area contributed by atoms with Crippen molar-refractivity contribution < 1.29 is 4.74 Å².